The molecule has 0 bridgehead atoms. The summed E-state index contributed by atoms with van der Waals surface area (Å²) in [6.07, 6.45) is 4.92. The standard InChI is InChI=1S/C27H30BrN5O3/c1-4-13-31-18-24(34)32-23(33(31)27(36)29-15-20-9-6-5-7-10-20)17-30(26(35)25(32)19(2)3)16-21-11-8-12-22(28)14-21/h1,5-12,14,19,23,25H,13,15-18H2,2-3H3,(H,29,36)/t23-,25-/m0/s1. The summed E-state index contributed by atoms with van der Waals surface area (Å²) in [5.41, 5.74) is 1.91. The summed E-state index contributed by atoms with van der Waals surface area (Å²) in [5.74, 6) is 2.09. The number of amides is 4. The lowest BCUT2D eigenvalue weighted by Gasteiger charge is -2.55. The van der Waals surface area contributed by atoms with Crippen molar-refractivity contribution in [1.82, 2.24) is 25.1 Å². The Labute approximate surface area is 220 Å². The van der Waals surface area contributed by atoms with E-state index in [0.29, 0.717) is 13.1 Å². The molecule has 0 aliphatic carbocycles. The van der Waals surface area contributed by atoms with Gasteiger partial charge in [0.15, 0.2) is 0 Å². The van der Waals surface area contributed by atoms with Crippen LogP contribution >= 0.6 is 15.9 Å². The zero-order valence-corrected chi connectivity index (χ0v) is 22.0. The van der Waals surface area contributed by atoms with Gasteiger partial charge >= 0.3 is 6.03 Å². The molecule has 2 aromatic rings. The second-order valence-electron chi connectivity index (χ2n) is 9.33. The molecule has 2 fully saturated rings. The molecule has 0 aromatic heterocycles. The maximum Gasteiger partial charge on any atom is 0.334 e. The molecule has 1 N–H and O–H groups in total. The zero-order chi connectivity index (χ0) is 25.8. The maximum atomic E-state index is 13.6. The molecule has 2 aromatic carbocycles. The van der Waals surface area contributed by atoms with Crippen molar-refractivity contribution in [3.63, 3.8) is 0 Å². The average Bonchev–Trinajstić information content (AvgIpc) is 2.84. The van der Waals surface area contributed by atoms with E-state index < -0.39 is 12.2 Å². The van der Waals surface area contributed by atoms with Gasteiger partial charge in [-0.1, -0.05) is 78.2 Å². The Balaban J connectivity index is 1.66. The van der Waals surface area contributed by atoms with Crippen LogP contribution < -0.4 is 5.32 Å². The third-order valence-electron chi connectivity index (χ3n) is 6.42. The summed E-state index contributed by atoms with van der Waals surface area (Å²) in [7, 11) is 0. The number of rotatable bonds is 6. The van der Waals surface area contributed by atoms with E-state index >= 15 is 0 Å². The van der Waals surface area contributed by atoms with Crippen LogP contribution in [0, 0.1) is 18.3 Å². The number of terminal acetylenes is 1. The molecule has 0 spiro atoms. The van der Waals surface area contributed by atoms with Crippen LogP contribution in [0.3, 0.4) is 0 Å². The van der Waals surface area contributed by atoms with Crippen LogP contribution in [-0.2, 0) is 22.7 Å². The Morgan fingerprint density at radius 1 is 1.14 bits per heavy atom. The predicted molar refractivity (Wildman–Crippen MR) is 140 cm³/mol. The topological polar surface area (TPSA) is 76.2 Å². The van der Waals surface area contributed by atoms with Gasteiger partial charge in [0.05, 0.1) is 19.6 Å². The van der Waals surface area contributed by atoms with Gasteiger partial charge in [0.1, 0.15) is 12.2 Å². The molecule has 188 valence electrons. The lowest BCUT2D eigenvalue weighted by Crippen LogP contribution is -2.77. The Morgan fingerprint density at radius 3 is 2.53 bits per heavy atom. The van der Waals surface area contributed by atoms with E-state index in [9.17, 15) is 14.4 Å². The number of nitrogens with zero attached hydrogens (tertiary/aromatic N) is 4. The van der Waals surface area contributed by atoms with Gasteiger partial charge in [-0.3, -0.25) is 9.59 Å². The molecule has 8 nitrogen and oxygen atoms in total. The monoisotopic (exact) mass is 551 g/mol. The summed E-state index contributed by atoms with van der Waals surface area (Å²) in [5, 5.41) is 6.08. The highest BCUT2D eigenvalue weighted by molar-refractivity contribution is 9.10. The van der Waals surface area contributed by atoms with Crippen molar-refractivity contribution in [2.24, 2.45) is 5.92 Å². The fourth-order valence-electron chi connectivity index (χ4n) is 4.85. The van der Waals surface area contributed by atoms with Gasteiger partial charge in [-0.05, 0) is 29.2 Å². The molecule has 2 atom stereocenters. The highest BCUT2D eigenvalue weighted by Crippen LogP contribution is 2.30. The molecule has 2 aliphatic heterocycles. The van der Waals surface area contributed by atoms with Crippen molar-refractivity contribution >= 4 is 33.8 Å². The maximum absolute atomic E-state index is 13.6. The van der Waals surface area contributed by atoms with E-state index in [1.807, 2.05) is 68.4 Å². The largest absolute Gasteiger partial charge is 0.334 e. The van der Waals surface area contributed by atoms with Crippen molar-refractivity contribution in [3.8, 4) is 12.3 Å². The van der Waals surface area contributed by atoms with Gasteiger partial charge in [0.2, 0.25) is 11.8 Å². The van der Waals surface area contributed by atoms with Crippen molar-refractivity contribution < 1.29 is 14.4 Å². The highest BCUT2D eigenvalue weighted by atomic mass is 79.9. The molecule has 4 amide bonds. The second-order valence-corrected chi connectivity index (χ2v) is 10.3. The third kappa shape index (κ3) is 5.40. The van der Waals surface area contributed by atoms with Gasteiger partial charge in [-0.15, -0.1) is 6.42 Å². The highest BCUT2D eigenvalue weighted by Gasteiger charge is 2.52. The molecule has 2 heterocycles. The van der Waals surface area contributed by atoms with Crippen LogP contribution in [0.1, 0.15) is 25.0 Å². The number of benzene rings is 2. The van der Waals surface area contributed by atoms with Crippen LogP contribution in [0.25, 0.3) is 0 Å². The number of carbonyl (C=O) groups excluding carboxylic acids is 3. The van der Waals surface area contributed by atoms with E-state index in [4.69, 9.17) is 6.42 Å². The molecular formula is C27H30BrN5O3. The van der Waals surface area contributed by atoms with Crippen molar-refractivity contribution in [2.45, 2.75) is 39.1 Å². The van der Waals surface area contributed by atoms with Gasteiger partial charge < -0.3 is 15.1 Å². The average molecular weight is 552 g/mol. The summed E-state index contributed by atoms with van der Waals surface area (Å²) in [6.45, 7) is 4.75. The quantitative estimate of drug-likeness (QED) is 0.560. The number of carbonyl (C=O) groups is 3. The molecule has 4 rings (SSSR count). The molecule has 2 aliphatic rings. The normalized spacial score (nSPS) is 20.4. The van der Waals surface area contributed by atoms with Crippen LogP contribution in [-0.4, -0.2) is 69.5 Å². The Morgan fingerprint density at radius 2 is 1.86 bits per heavy atom. The van der Waals surface area contributed by atoms with Crippen LogP contribution in [0.2, 0.25) is 0 Å². The molecule has 0 radical (unpaired) electrons. The van der Waals surface area contributed by atoms with Crippen LogP contribution in [0.15, 0.2) is 59.1 Å². The minimum absolute atomic E-state index is 0.0679. The van der Waals surface area contributed by atoms with E-state index in [0.717, 1.165) is 15.6 Å². The van der Waals surface area contributed by atoms with Crippen molar-refractivity contribution in [2.75, 3.05) is 19.6 Å². The number of hydrogen-bond acceptors (Lipinski definition) is 4. The summed E-state index contributed by atoms with van der Waals surface area (Å²) in [4.78, 5) is 43.8. The van der Waals surface area contributed by atoms with Crippen LogP contribution in [0.5, 0.6) is 0 Å². The SMILES string of the molecule is C#CCN1CC(=O)N2[C@@H](C(C)C)C(=O)N(Cc3cccc(Br)c3)C[C@@H]2N1C(=O)NCc1ccccc1. The minimum Gasteiger partial charge on any atom is -0.333 e. The first-order chi connectivity index (χ1) is 17.3. The predicted octanol–water partition coefficient (Wildman–Crippen LogP) is 3.05. The van der Waals surface area contributed by atoms with Gasteiger partial charge in [-0.25, -0.2) is 9.80 Å². The van der Waals surface area contributed by atoms with Crippen LogP contribution in [0.4, 0.5) is 4.79 Å². The summed E-state index contributed by atoms with van der Waals surface area (Å²) >= 11 is 3.49. The first-order valence-corrected chi connectivity index (χ1v) is 12.7. The Kier molecular flexibility index (Phi) is 7.97. The minimum atomic E-state index is -0.680. The molecule has 0 unspecified atom stereocenters. The fraction of sp³-hybridized carbons (Fsp3) is 0.370. The van der Waals surface area contributed by atoms with Gasteiger partial charge in [0.25, 0.3) is 0 Å². The molecule has 36 heavy (non-hydrogen) atoms. The molecular weight excluding hydrogens is 522 g/mol. The first-order valence-electron chi connectivity index (χ1n) is 11.9. The molecule has 2 saturated heterocycles. The van der Waals surface area contributed by atoms with E-state index in [1.165, 1.54) is 5.01 Å². The lowest BCUT2D eigenvalue weighted by atomic mass is 9.96. The number of halogens is 1. The molecule has 9 heteroatoms. The van der Waals surface area contributed by atoms with Gasteiger partial charge in [-0.2, -0.15) is 5.01 Å². The summed E-state index contributed by atoms with van der Waals surface area (Å²) in [6, 6.07) is 16.3. The number of urea groups is 1. The molecule has 0 saturated carbocycles. The van der Waals surface area contributed by atoms with E-state index in [2.05, 4.69) is 27.2 Å². The lowest BCUT2D eigenvalue weighted by molar-refractivity contribution is -0.192. The summed E-state index contributed by atoms with van der Waals surface area (Å²) < 4.78 is 0.918. The number of nitrogens with one attached hydrogen (secondary N) is 1. The van der Waals surface area contributed by atoms with Crippen molar-refractivity contribution in [1.29, 1.82) is 0 Å². The number of piperazine rings is 1. The second kappa shape index (κ2) is 11.1. The number of hydrogen-bond donors (Lipinski definition) is 1. The zero-order valence-electron chi connectivity index (χ0n) is 20.4. The number of fused-ring (bicyclic) bond motifs is 1. The third-order valence-corrected chi connectivity index (χ3v) is 6.92. The van der Waals surface area contributed by atoms with E-state index in [1.54, 1.807) is 14.8 Å². The smallest absolute Gasteiger partial charge is 0.333 e. The van der Waals surface area contributed by atoms with Gasteiger partial charge in [0, 0.05) is 17.6 Å². The van der Waals surface area contributed by atoms with Crippen molar-refractivity contribution in [3.05, 3.63) is 70.2 Å². The fourth-order valence-corrected chi connectivity index (χ4v) is 5.29. The Hall–Kier alpha value is -3.35. The van der Waals surface area contributed by atoms with E-state index in [-0.39, 0.29) is 43.4 Å². The first kappa shape index (κ1) is 25.7. The number of hydrazine groups is 1. The Bertz CT molecular complexity index is 1170.